The molecule has 0 radical (unpaired) electrons. The van der Waals surface area contributed by atoms with Gasteiger partial charge in [0.2, 0.25) is 5.95 Å². The van der Waals surface area contributed by atoms with Crippen LogP contribution in [0.4, 0.5) is 11.6 Å². The number of aromatic nitrogens is 3. The van der Waals surface area contributed by atoms with Crippen LogP contribution in [0.25, 0.3) is 0 Å². The summed E-state index contributed by atoms with van der Waals surface area (Å²) in [6.07, 6.45) is 0. The minimum Gasteiger partial charge on any atom is -0.368 e. The molecule has 0 aliphatic carbocycles. The molecule has 1 aromatic carbocycles. The maximum atomic E-state index is 12.2. The lowest BCUT2D eigenvalue weighted by molar-refractivity contribution is 0.541. The van der Waals surface area contributed by atoms with E-state index in [1.54, 1.807) is 0 Å². The van der Waals surface area contributed by atoms with Gasteiger partial charge >= 0.3 is 0 Å². The van der Waals surface area contributed by atoms with Crippen molar-refractivity contribution in [1.82, 2.24) is 15.2 Å². The average molecular weight is 348 g/mol. The van der Waals surface area contributed by atoms with Crippen molar-refractivity contribution < 1.29 is 0 Å². The fourth-order valence-electron chi connectivity index (χ4n) is 2.81. The molecule has 0 amide bonds. The smallest absolute Gasteiger partial charge is 0.274 e. The number of aromatic amines is 1. The Morgan fingerprint density at radius 2 is 1.75 bits per heavy atom. The van der Waals surface area contributed by atoms with E-state index < -0.39 is 0 Å². The minimum atomic E-state index is -0.315. The molecule has 0 unspecified atom stereocenters. The number of H-pyrrole nitrogens is 1. The van der Waals surface area contributed by atoms with Gasteiger partial charge in [0, 0.05) is 42.3 Å². The Labute approximate surface area is 146 Å². The normalized spacial score (nSPS) is 15.7. The molecule has 1 N–H and O–H groups in total. The van der Waals surface area contributed by atoms with E-state index in [0.717, 1.165) is 36.9 Å². The third kappa shape index (κ3) is 3.53. The highest BCUT2D eigenvalue weighted by atomic mass is 35.5. The van der Waals surface area contributed by atoms with Gasteiger partial charge in [0.1, 0.15) is 5.69 Å². The minimum absolute atomic E-state index is 0.162. The first-order chi connectivity index (χ1) is 11.3. The lowest BCUT2D eigenvalue weighted by Gasteiger charge is -2.36. The molecule has 3 rings (SSSR count). The van der Waals surface area contributed by atoms with Gasteiger partial charge in [-0.2, -0.15) is 0 Å². The van der Waals surface area contributed by atoms with Gasteiger partial charge in [-0.1, -0.05) is 38.4 Å². The van der Waals surface area contributed by atoms with Crippen LogP contribution in [0.3, 0.4) is 0 Å². The summed E-state index contributed by atoms with van der Waals surface area (Å²) in [5.74, 6) is 0.541. The Balaban J connectivity index is 1.71. The topological polar surface area (TPSA) is 65.1 Å². The van der Waals surface area contributed by atoms with Crippen LogP contribution in [0, 0.1) is 0 Å². The third-order valence-corrected chi connectivity index (χ3v) is 4.38. The van der Waals surface area contributed by atoms with Crippen LogP contribution in [0.15, 0.2) is 29.1 Å². The molecule has 0 spiro atoms. The Bertz CT molecular complexity index is 775. The SMILES string of the molecule is CC(C)(C)c1nnc(N2CCN(c3cccc(Cl)c3)CC2)[nH]c1=O. The number of benzene rings is 1. The van der Waals surface area contributed by atoms with E-state index in [4.69, 9.17) is 11.6 Å². The van der Waals surface area contributed by atoms with Gasteiger partial charge in [0.05, 0.1) is 0 Å². The molecule has 2 aromatic rings. The summed E-state index contributed by atoms with van der Waals surface area (Å²) < 4.78 is 0. The first-order valence-corrected chi connectivity index (χ1v) is 8.45. The van der Waals surface area contributed by atoms with Crippen LogP contribution in [0.5, 0.6) is 0 Å². The number of halogens is 1. The second kappa shape index (κ2) is 6.43. The summed E-state index contributed by atoms with van der Waals surface area (Å²) in [4.78, 5) is 19.4. The van der Waals surface area contributed by atoms with Crippen molar-refractivity contribution in [2.75, 3.05) is 36.0 Å². The van der Waals surface area contributed by atoms with Gasteiger partial charge in [-0.05, 0) is 18.2 Å². The van der Waals surface area contributed by atoms with E-state index >= 15 is 0 Å². The maximum Gasteiger partial charge on any atom is 0.274 e. The number of piperazine rings is 1. The van der Waals surface area contributed by atoms with E-state index in [2.05, 4.69) is 31.0 Å². The molecular formula is C17H22ClN5O. The van der Waals surface area contributed by atoms with Crippen molar-refractivity contribution in [3.63, 3.8) is 0 Å². The number of rotatable bonds is 2. The maximum absolute atomic E-state index is 12.2. The summed E-state index contributed by atoms with van der Waals surface area (Å²) in [7, 11) is 0. The third-order valence-electron chi connectivity index (χ3n) is 4.15. The number of hydrogen-bond acceptors (Lipinski definition) is 5. The summed E-state index contributed by atoms with van der Waals surface area (Å²) >= 11 is 6.06. The Morgan fingerprint density at radius 3 is 2.33 bits per heavy atom. The molecule has 24 heavy (non-hydrogen) atoms. The number of hydrogen-bond donors (Lipinski definition) is 1. The molecule has 1 aliphatic rings. The zero-order valence-electron chi connectivity index (χ0n) is 14.2. The van der Waals surface area contributed by atoms with Crippen LogP contribution in [-0.2, 0) is 5.41 Å². The highest BCUT2D eigenvalue weighted by Crippen LogP contribution is 2.22. The molecule has 1 fully saturated rings. The molecule has 0 saturated carbocycles. The van der Waals surface area contributed by atoms with E-state index in [9.17, 15) is 4.79 Å². The van der Waals surface area contributed by atoms with Gasteiger partial charge in [0.15, 0.2) is 0 Å². The fraction of sp³-hybridized carbons (Fsp3) is 0.471. The van der Waals surface area contributed by atoms with E-state index in [1.807, 2.05) is 39.0 Å². The van der Waals surface area contributed by atoms with Crippen LogP contribution in [-0.4, -0.2) is 41.4 Å². The lowest BCUT2D eigenvalue weighted by Crippen LogP contribution is -2.47. The summed E-state index contributed by atoms with van der Waals surface area (Å²) in [5, 5.41) is 9.11. The monoisotopic (exact) mass is 347 g/mol. The molecule has 1 aliphatic heterocycles. The Morgan fingerprint density at radius 1 is 1.08 bits per heavy atom. The van der Waals surface area contributed by atoms with Crippen LogP contribution in [0.2, 0.25) is 5.02 Å². The Kier molecular flexibility index (Phi) is 4.49. The van der Waals surface area contributed by atoms with Gasteiger partial charge < -0.3 is 9.80 Å². The number of anilines is 2. The Hall–Kier alpha value is -2.08. The second-order valence-electron chi connectivity index (χ2n) is 7.03. The van der Waals surface area contributed by atoms with Crippen LogP contribution < -0.4 is 15.4 Å². The first-order valence-electron chi connectivity index (χ1n) is 8.07. The largest absolute Gasteiger partial charge is 0.368 e. The summed E-state index contributed by atoms with van der Waals surface area (Å²) in [6.45, 7) is 9.08. The van der Waals surface area contributed by atoms with Gasteiger partial charge in [-0.25, -0.2) is 0 Å². The van der Waals surface area contributed by atoms with E-state index in [0.29, 0.717) is 11.6 Å². The fourth-order valence-corrected chi connectivity index (χ4v) is 3.00. The van der Waals surface area contributed by atoms with Crippen LogP contribution in [0.1, 0.15) is 26.5 Å². The van der Waals surface area contributed by atoms with E-state index in [-0.39, 0.29) is 11.0 Å². The molecule has 0 atom stereocenters. The van der Waals surface area contributed by atoms with E-state index in [1.165, 1.54) is 0 Å². The van der Waals surface area contributed by atoms with Gasteiger partial charge in [-0.3, -0.25) is 9.78 Å². The predicted molar refractivity (Wildman–Crippen MR) is 97.2 cm³/mol. The first kappa shape index (κ1) is 16.8. The lowest BCUT2D eigenvalue weighted by atomic mass is 9.93. The van der Waals surface area contributed by atoms with Gasteiger partial charge in [-0.15, -0.1) is 10.2 Å². The molecule has 6 nitrogen and oxygen atoms in total. The van der Waals surface area contributed by atoms with Crippen molar-refractivity contribution in [2.45, 2.75) is 26.2 Å². The molecular weight excluding hydrogens is 326 g/mol. The molecule has 2 heterocycles. The highest BCUT2D eigenvalue weighted by Gasteiger charge is 2.23. The van der Waals surface area contributed by atoms with Crippen molar-refractivity contribution in [2.24, 2.45) is 0 Å². The van der Waals surface area contributed by atoms with Crippen molar-refractivity contribution in [1.29, 1.82) is 0 Å². The number of nitrogens with one attached hydrogen (secondary N) is 1. The molecule has 1 aromatic heterocycles. The summed E-state index contributed by atoms with van der Waals surface area (Å²) in [5.41, 5.74) is 1.10. The zero-order valence-corrected chi connectivity index (χ0v) is 15.0. The second-order valence-corrected chi connectivity index (χ2v) is 7.47. The van der Waals surface area contributed by atoms with Gasteiger partial charge in [0.25, 0.3) is 5.56 Å². The summed E-state index contributed by atoms with van der Waals surface area (Å²) in [6, 6.07) is 7.86. The highest BCUT2D eigenvalue weighted by molar-refractivity contribution is 6.30. The molecule has 7 heteroatoms. The van der Waals surface area contributed by atoms with Crippen molar-refractivity contribution in [3.8, 4) is 0 Å². The zero-order chi connectivity index (χ0) is 17.3. The molecule has 1 saturated heterocycles. The standard InChI is InChI=1S/C17H22ClN5O/c1-17(2,3)14-15(24)19-16(21-20-14)23-9-7-22(8-10-23)13-6-4-5-12(18)11-13/h4-6,11H,7-10H2,1-3H3,(H,19,21,24). The predicted octanol–water partition coefficient (Wildman–Crippen LogP) is 2.44. The van der Waals surface area contributed by atoms with Crippen LogP contribution >= 0.6 is 11.6 Å². The van der Waals surface area contributed by atoms with Crippen molar-refractivity contribution >= 4 is 23.2 Å². The number of nitrogens with zero attached hydrogens (tertiary/aromatic N) is 4. The molecule has 0 bridgehead atoms. The quantitative estimate of drug-likeness (QED) is 0.904. The average Bonchev–Trinajstić information content (AvgIpc) is 2.54. The van der Waals surface area contributed by atoms with Crippen molar-refractivity contribution in [3.05, 3.63) is 45.3 Å². The molecule has 128 valence electrons.